The Hall–Kier alpha value is -10.6. The summed E-state index contributed by atoms with van der Waals surface area (Å²) in [7, 11) is 0. The zero-order valence-corrected chi connectivity index (χ0v) is 45.2. The van der Waals surface area contributed by atoms with E-state index in [1.54, 1.807) is 0 Å². The zero-order valence-electron chi connectivity index (χ0n) is 45.2. The van der Waals surface area contributed by atoms with E-state index in [2.05, 4.69) is 330 Å². The van der Waals surface area contributed by atoms with Crippen LogP contribution in [0.3, 0.4) is 0 Å². The summed E-state index contributed by atoms with van der Waals surface area (Å²) in [5, 5.41) is 0. The monoisotopic (exact) mass is 1040 g/mol. The van der Waals surface area contributed by atoms with Crippen molar-refractivity contribution in [2.75, 3.05) is 14.7 Å². The molecule has 0 unspecified atom stereocenters. The van der Waals surface area contributed by atoms with E-state index in [1.807, 2.05) is 0 Å². The van der Waals surface area contributed by atoms with Gasteiger partial charge in [-0.3, -0.25) is 0 Å². The maximum Gasteiger partial charge on any atom is 0.252 e. The molecule has 0 fully saturated rings. The maximum atomic E-state index is 3.45. The normalized spacial score (nSPS) is 13.0. The number of para-hydroxylation sites is 1. The summed E-state index contributed by atoms with van der Waals surface area (Å²) in [6.07, 6.45) is 6.52. The first-order valence-electron chi connectivity index (χ1n) is 28.4. The quantitative estimate of drug-likeness (QED) is 0.120. The molecule has 384 valence electrons. The average Bonchev–Trinajstić information content (AvgIpc) is 2.62. The van der Waals surface area contributed by atoms with Gasteiger partial charge in [0.1, 0.15) is 0 Å². The Morgan fingerprint density at radius 3 is 1.34 bits per heavy atom. The van der Waals surface area contributed by atoms with Gasteiger partial charge in [-0.05, 0) is 139 Å². The number of hydrogen-bond donors (Lipinski definition) is 0. The minimum absolute atomic E-state index is 0.142. The highest BCUT2D eigenvalue weighted by Crippen LogP contribution is 2.51. The molecule has 0 amide bonds. The highest BCUT2D eigenvalue weighted by Gasteiger charge is 2.45. The number of hydrogen-bond acceptors (Lipinski definition) is 3. The highest BCUT2D eigenvalue weighted by molar-refractivity contribution is 7.00. The van der Waals surface area contributed by atoms with Crippen LogP contribution in [0.4, 0.5) is 45.5 Å². The van der Waals surface area contributed by atoms with E-state index < -0.39 is 0 Å². The van der Waals surface area contributed by atoms with Gasteiger partial charge in [0, 0.05) is 51.3 Å². The molecule has 3 nitrogen and oxygen atoms in total. The maximum absolute atomic E-state index is 3.45. The lowest BCUT2D eigenvalue weighted by atomic mass is 9.33. The summed E-state index contributed by atoms with van der Waals surface area (Å²) in [5.74, 6) is 0. The molecule has 0 aromatic heterocycles. The van der Waals surface area contributed by atoms with E-state index >= 15 is 0 Å². The minimum Gasteiger partial charge on any atom is -0.315 e. The van der Waals surface area contributed by atoms with Crippen molar-refractivity contribution < 1.29 is 0 Å². The first-order chi connectivity index (χ1) is 40.7. The first-order valence-corrected chi connectivity index (χ1v) is 28.4. The molecule has 15 rings (SSSR count). The molecular weight excluding hydrogens is 990 g/mol. The van der Waals surface area contributed by atoms with Crippen molar-refractivity contribution in [3.05, 3.63) is 327 Å². The number of fused-ring (bicyclic) bond motifs is 4. The molecule has 0 atom stereocenters. The molecule has 0 bridgehead atoms. The van der Waals surface area contributed by atoms with Crippen LogP contribution in [0.25, 0.3) is 61.2 Å². The van der Waals surface area contributed by atoms with Gasteiger partial charge in [0.05, 0.1) is 17.1 Å². The summed E-state index contributed by atoms with van der Waals surface area (Å²) in [4.78, 5) is 7.66. The number of allylic oxidation sites excluding steroid dienone is 4. The summed E-state index contributed by atoms with van der Waals surface area (Å²) >= 11 is 0. The van der Waals surface area contributed by atoms with Crippen LogP contribution >= 0.6 is 0 Å². The summed E-state index contributed by atoms with van der Waals surface area (Å²) in [5.41, 5.74) is 28.0. The smallest absolute Gasteiger partial charge is 0.252 e. The van der Waals surface area contributed by atoms with Crippen LogP contribution in [0.15, 0.2) is 309 Å². The van der Waals surface area contributed by atoms with E-state index in [0.29, 0.717) is 0 Å². The van der Waals surface area contributed by atoms with Crippen LogP contribution in [0.5, 0.6) is 0 Å². The molecule has 82 heavy (non-hydrogen) atoms. The third-order valence-corrected chi connectivity index (χ3v) is 16.7. The first kappa shape index (κ1) is 48.5. The van der Waals surface area contributed by atoms with Crippen molar-refractivity contribution in [1.29, 1.82) is 0 Å². The van der Waals surface area contributed by atoms with Crippen LogP contribution in [-0.4, -0.2) is 6.71 Å². The predicted molar refractivity (Wildman–Crippen MR) is 346 cm³/mol. The Balaban J connectivity index is 1.06. The van der Waals surface area contributed by atoms with Gasteiger partial charge in [0.25, 0.3) is 6.71 Å². The van der Waals surface area contributed by atoms with Crippen molar-refractivity contribution in [3.63, 3.8) is 0 Å². The molecule has 0 saturated heterocycles. The van der Waals surface area contributed by atoms with Crippen LogP contribution in [-0.2, 0) is 0 Å². The standard InChI is InChI=1S/C78H54BN3/c1-7-23-55(24-8-1)59-39-45-65(46-40-59)80-74-49-43-63(57-27-11-3-12-28-57)51-70(74)79-71-52-64(58-29-13-4-14-30-58)44-50-75(71)81(66-47-41-60(42-48-66)56-25-9-2-10-26-56)77-54-67(53-76(80)78(77)79)82(72-37-21-19-35-68(72)61-31-15-5-16-32-61)73-38-22-20-36-69(73)62-33-17-6-18-34-62/h1-19,21,23-41,43-47,49-54H,42,48H2. The van der Waals surface area contributed by atoms with Crippen LogP contribution in [0, 0.1) is 12.1 Å². The van der Waals surface area contributed by atoms with Crippen molar-refractivity contribution >= 4 is 74.2 Å². The van der Waals surface area contributed by atoms with E-state index in [0.717, 1.165) is 74.9 Å². The summed E-state index contributed by atoms with van der Waals surface area (Å²) < 4.78 is 0. The topological polar surface area (TPSA) is 9.72 Å². The van der Waals surface area contributed by atoms with Gasteiger partial charge in [-0.1, -0.05) is 255 Å². The SMILES string of the molecule is c1cc(-c2ccccc2)c(N(c2cc3c4c(c2)N(c2ccc(-c5ccccc5)cc2)c2ccc(-c5ccccc5)cc2B4c2cc(-c4ccccc4)ccc2N3C2=CC=C(c3ccccc3)CC2)c2ccccc2-c2ccccc2)cc#1. The third-order valence-electron chi connectivity index (χ3n) is 16.7. The lowest BCUT2D eigenvalue weighted by molar-refractivity contribution is 0.931. The third kappa shape index (κ3) is 8.68. The number of rotatable bonds is 11. The predicted octanol–water partition coefficient (Wildman–Crippen LogP) is 18.6. The largest absolute Gasteiger partial charge is 0.315 e. The lowest BCUT2D eigenvalue weighted by Gasteiger charge is -2.46. The lowest BCUT2D eigenvalue weighted by Crippen LogP contribution is -2.61. The molecule has 0 saturated carbocycles. The van der Waals surface area contributed by atoms with E-state index in [1.165, 1.54) is 72.3 Å². The molecule has 2 heterocycles. The zero-order chi connectivity index (χ0) is 54.3. The van der Waals surface area contributed by atoms with Gasteiger partial charge in [-0.25, -0.2) is 0 Å². The molecule has 3 aliphatic rings. The van der Waals surface area contributed by atoms with Crippen LogP contribution in [0.2, 0.25) is 0 Å². The van der Waals surface area contributed by atoms with E-state index in [4.69, 9.17) is 0 Å². The second kappa shape index (κ2) is 20.9. The molecule has 0 N–H and O–H groups in total. The van der Waals surface area contributed by atoms with Crippen molar-refractivity contribution in [2.45, 2.75) is 12.8 Å². The van der Waals surface area contributed by atoms with Gasteiger partial charge in [-0.15, -0.1) is 0 Å². The molecule has 12 aromatic carbocycles. The second-order valence-electron chi connectivity index (χ2n) is 21.4. The van der Waals surface area contributed by atoms with E-state index in [9.17, 15) is 0 Å². The Bertz CT molecular complexity index is 4290. The Labute approximate surface area is 481 Å². The van der Waals surface area contributed by atoms with Crippen LogP contribution in [0.1, 0.15) is 18.4 Å². The Morgan fingerprint density at radius 2 is 0.780 bits per heavy atom. The molecule has 0 spiro atoms. The minimum atomic E-state index is -0.142. The number of nitrogens with zero attached hydrogens (tertiary/aromatic N) is 3. The van der Waals surface area contributed by atoms with Gasteiger partial charge in [0.2, 0.25) is 0 Å². The van der Waals surface area contributed by atoms with Crippen molar-refractivity contribution in [1.82, 2.24) is 0 Å². The van der Waals surface area contributed by atoms with Crippen molar-refractivity contribution in [3.8, 4) is 55.6 Å². The fraction of sp³-hybridized carbons (Fsp3) is 0.0256. The van der Waals surface area contributed by atoms with Gasteiger partial charge >= 0.3 is 0 Å². The molecule has 2 aliphatic heterocycles. The van der Waals surface area contributed by atoms with Crippen LogP contribution < -0.4 is 31.1 Å². The van der Waals surface area contributed by atoms with Gasteiger partial charge in [-0.2, -0.15) is 0 Å². The van der Waals surface area contributed by atoms with Gasteiger partial charge in [0.15, 0.2) is 0 Å². The average molecular weight is 1040 g/mol. The molecule has 12 aromatic rings. The number of benzene rings is 11. The molecular formula is C78H54BN3. The molecule has 1 aliphatic carbocycles. The van der Waals surface area contributed by atoms with E-state index in [-0.39, 0.29) is 6.71 Å². The van der Waals surface area contributed by atoms with Gasteiger partial charge < -0.3 is 14.7 Å². The second-order valence-corrected chi connectivity index (χ2v) is 21.4. The molecule has 4 heteroatoms. The fourth-order valence-corrected chi connectivity index (χ4v) is 12.8. The number of anilines is 8. The highest BCUT2D eigenvalue weighted by atomic mass is 15.2. The Morgan fingerprint density at radius 1 is 0.329 bits per heavy atom. The fourth-order valence-electron chi connectivity index (χ4n) is 12.8. The Kier molecular flexibility index (Phi) is 12.4. The molecule has 0 radical (unpaired) electrons. The summed E-state index contributed by atoms with van der Waals surface area (Å²) in [6, 6.07) is 113. The van der Waals surface area contributed by atoms with Crippen molar-refractivity contribution in [2.24, 2.45) is 0 Å². The summed E-state index contributed by atoms with van der Waals surface area (Å²) in [6.45, 7) is -0.142.